The number of hydrogen-bond acceptors (Lipinski definition) is 2. The van der Waals surface area contributed by atoms with Crippen molar-refractivity contribution >= 4 is 5.91 Å². The number of hydrogen-bond donors (Lipinski definition) is 1. The molecule has 3 rings (SSSR count). The van der Waals surface area contributed by atoms with Crippen molar-refractivity contribution in [3.8, 4) is 5.69 Å². The van der Waals surface area contributed by atoms with E-state index in [0.29, 0.717) is 23.8 Å². The monoisotopic (exact) mass is 319 g/mol. The standard InChI is InChI=1S/C17H19F2N3O/c1-10(2)9-20-17(23)16-12-4-3-5-15(12)22(21-16)11-6-7-13(18)14(19)8-11/h6-8,10H,3-5,9H2,1-2H3,(H,20,23). The Morgan fingerprint density at radius 1 is 1.30 bits per heavy atom. The summed E-state index contributed by atoms with van der Waals surface area (Å²) in [7, 11) is 0. The van der Waals surface area contributed by atoms with Crippen LogP contribution in [0.4, 0.5) is 8.78 Å². The van der Waals surface area contributed by atoms with Crippen LogP contribution in [0, 0.1) is 17.6 Å². The summed E-state index contributed by atoms with van der Waals surface area (Å²) in [5.74, 6) is -1.68. The maximum Gasteiger partial charge on any atom is 0.272 e. The van der Waals surface area contributed by atoms with Crippen molar-refractivity contribution in [2.75, 3.05) is 6.54 Å². The number of carbonyl (C=O) groups is 1. The first-order valence-electron chi connectivity index (χ1n) is 7.81. The fraction of sp³-hybridized carbons (Fsp3) is 0.412. The van der Waals surface area contributed by atoms with Gasteiger partial charge < -0.3 is 5.32 Å². The van der Waals surface area contributed by atoms with Gasteiger partial charge in [-0.25, -0.2) is 13.5 Å². The summed E-state index contributed by atoms with van der Waals surface area (Å²) in [6.07, 6.45) is 2.49. The van der Waals surface area contributed by atoms with Gasteiger partial charge in [-0.3, -0.25) is 4.79 Å². The Balaban J connectivity index is 1.98. The van der Waals surface area contributed by atoms with Gasteiger partial charge in [0, 0.05) is 23.9 Å². The van der Waals surface area contributed by atoms with Gasteiger partial charge in [0.2, 0.25) is 0 Å². The highest BCUT2D eigenvalue weighted by molar-refractivity contribution is 5.94. The Kier molecular flexibility index (Phi) is 4.15. The van der Waals surface area contributed by atoms with E-state index in [2.05, 4.69) is 10.4 Å². The minimum atomic E-state index is -0.921. The maximum atomic E-state index is 13.5. The van der Waals surface area contributed by atoms with Gasteiger partial charge in [-0.05, 0) is 37.3 Å². The second-order valence-corrected chi connectivity index (χ2v) is 6.24. The van der Waals surface area contributed by atoms with Gasteiger partial charge in [-0.2, -0.15) is 5.10 Å². The van der Waals surface area contributed by atoms with E-state index in [1.165, 1.54) is 6.07 Å². The van der Waals surface area contributed by atoms with Crippen molar-refractivity contribution in [1.29, 1.82) is 0 Å². The van der Waals surface area contributed by atoms with E-state index in [0.717, 1.165) is 42.7 Å². The second kappa shape index (κ2) is 6.10. The zero-order chi connectivity index (χ0) is 16.6. The summed E-state index contributed by atoms with van der Waals surface area (Å²) in [6, 6.07) is 3.66. The van der Waals surface area contributed by atoms with Crippen LogP contribution < -0.4 is 5.32 Å². The van der Waals surface area contributed by atoms with E-state index in [9.17, 15) is 13.6 Å². The smallest absolute Gasteiger partial charge is 0.272 e. The number of benzene rings is 1. The van der Waals surface area contributed by atoms with Crippen LogP contribution in [0.5, 0.6) is 0 Å². The first kappa shape index (κ1) is 15.6. The number of fused-ring (bicyclic) bond motifs is 1. The number of amides is 1. The van der Waals surface area contributed by atoms with Crippen LogP contribution in [0.15, 0.2) is 18.2 Å². The lowest BCUT2D eigenvalue weighted by Gasteiger charge is -2.07. The Morgan fingerprint density at radius 3 is 2.78 bits per heavy atom. The molecule has 0 spiro atoms. The molecule has 0 fully saturated rings. The number of aromatic nitrogens is 2. The Labute approximate surface area is 133 Å². The van der Waals surface area contributed by atoms with Crippen molar-refractivity contribution in [3.05, 3.63) is 46.8 Å². The fourth-order valence-corrected chi connectivity index (χ4v) is 2.83. The third kappa shape index (κ3) is 2.98. The predicted octanol–water partition coefficient (Wildman–Crippen LogP) is 3.03. The largest absolute Gasteiger partial charge is 0.350 e. The average molecular weight is 319 g/mol. The van der Waals surface area contributed by atoms with Gasteiger partial charge in [0.15, 0.2) is 17.3 Å². The summed E-state index contributed by atoms with van der Waals surface area (Å²) >= 11 is 0. The molecule has 4 nitrogen and oxygen atoms in total. The molecule has 0 aliphatic heterocycles. The van der Waals surface area contributed by atoms with Gasteiger partial charge in [-0.15, -0.1) is 0 Å². The average Bonchev–Trinajstić information content (AvgIpc) is 3.09. The summed E-state index contributed by atoms with van der Waals surface area (Å²) in [4.78, 5) is 12.4. The van der Waals surface area contributed by atoms with Crippen LogP contribution in [-0.4, -0.2) is 22.2 Å². The van der Waals surface area contributed by atoms with Gasteiger partial charge >= 0.3 is 0 Å². The molecule has 1 aliphatic carbocycles. The molecule has 1 N–H and O–H groups in total. The Bertz CT molecular complexity index is 753. The molecule has 23 heavy (non-hydrogen) atoms. The topological polar surface area (TPSA) is 46.9 Å². The number of nitrogens with zero attached hydrogens (tertiary/aromatic N) is 2. The minimum absolute atomic E-state index is 0.210. The lowest BCUT2D eigenvalue weighted by atomic mass is 10.1. The molecule has 0 unspecified atom stereocenters. The molecule has 0 radical (unpaired) electrons. The van der Waals surface area contributed by atoms with E-state index < -0.39 is 11.6 Å². The van der Waals surface area contributed by atoms with Crippen molar-refractivity contribution in [3.63, 3.8) is 0 Å². The molecule has 1 aliphatic rings. The van der Waals surface area contributed by atoms with Gasteiger partial charge in [-0.1, -0.05) is 13.8 Å². The van der Waals surface area contributed by atoms with Gasteiger partial charge in [0.1, 0.15) is 0 Å². The second-order valence-electron chi connectivity index (χ2n) is 6.24. The molecule has 6 heteroatoms. The summed E-state index contributed by atoms with van der Waals surface area (Å²) in [6.45, 7) is 4.61. The third-order valence-electron chi connectivity index (χ3n) is 3.96. The minimum Gasteiger partial charge on any atom is -0.350 e. The molecule has 0 saturated heterocycles. The Hall–Kier alpha value is -2.24. The van der Waals surface area contributed by atoms with E-state index in [1.54, 1.807) is 4.68 Å². The molecular weight excluding hydrogens is 300 g/mol. The molecule has 0 saturated carbocycles. The summed E-state index contributed by atoms with van der Waals surface area (Å²) in [5, 5.41) is 7.23. The highest BCUT2D eigenvalue weighted by Gasteiger charge is 2.27. The first-order chi connectivity index (χ1) is 11.0. The van der Waals surface area contributed by atoms with Crippen LogP contribution in [0.25, 0.3) is 5.69 Å². The van der Waals surface area contributed by atoms with E-state index in [1.807, 2.05) is 13.8 Å². The number of rotatable bonds is 4. The van der Waals surface area contributed by atoms with Gasteiger partial charge in [0.25, 0.3) is 5.91 Å². The van der Waals surface area contributed by atoms with Crippen molar-refractivity contribution in [2.24, 2.45) is 5.92 Å². The fourth-order valence-electron chi connectivity index (χ4n) is 2.83. The van der Waals surface area contributed by atoms with Crippen LogP contribution in [0.1, 0.15) is 42.0 Å². The van der Waals surface area contributed by atoms with E-state index in [4.69, 9.17) is 0 Å². The summed E-state index contributed by atoms with van der Waals surface area (Å²) < 4.78 is 28.2. The molecule has 2 aromatic rings. The van der Waals surface area contributed by atoms with E-state index >= 15 is 0 Å². The van der Waals surface area contributed by atoms with Gasteiger partial charge in [0.05, 0.1) is 5.69 Å². The summed E-state index contributed by atoms with van der Waals surface area (Å²) in [5.41, 5.74) is 2.65. The maximum absolute atomic E-state index is 13.5. The molecule has 1 amide bonds. The predicted molar refractivity (Wildman–Crippen MR) is 82.7 cm³/mol. The molecule has 0 bridgehead atoms. The van der Waals surface area contributed by atoms with Crippen molar-refractivity contribution in [2.45, 2.75) is 33.1 Å². The third-order valence-corrected chi connectivity index (χ3v) is 3.96. The van der Waals surface area contributed by atoms with Crippen molar-refractivity contribution < 1.29 is 13.6 Å². The molecule has 1 aromatic heterocycles. The number of nitrogens with one attached hydrogen (secondary N) is 1. The number of carbonyl (C=O) groups excluding carboxylic acids is 1. The first-order valence-corrected chi connectivity index (χ1v) is 7.81. The zero-order valence-electron chi connectivity index (χ0n) is 13.2. The molecule has 1 heterocycles. The quantitative estimate of drug-likeness (QED) is 0.941. The van der Waals surface area contributed by atoms with Crippen LogP contribution in [0.3, 0.4) is 0 Å². The highest BCUT2D eigenvalue weighted by Crippen LogP contribution is 2.28. The van der Waals surface area contributed by atoms with Crippen LogP contribution in [0.2, 0.25) is 0 Å². The Morgan fingerprint density at radius 2 is 2.09 bits per heavy atom. The molecule has 1 aromatic carbocycles. The highest BCUT2D eigenvalue weighted by atomic mass is 19.2. The van der Waals surface area contributed by atoms with E-state index in [-0.39, 0.29) is 5.91 Å². The lowest BCUT2D eigenvalue weighted by Crippen LogP contribution is -2.28. The lowest BCUT2D eigenvalue weighted by molar-refractivity contribution is 0.0942. The zero-order valence-corrected chi connectivity index (χ0v) is 13.2. The molecule has 122 valence electrons. The van der Waals surface area contributed by atoms with Crippen molar-refractivity contribution in [1.82, 2.24) is 15.1 Å². The van der Waals surface area contributed by atoms with Crippen LogP contribution >= 0.6 is 0 Å². The molecular formula is C17H19F2N3O. The van der Waals surface area contributed by atoms with Crippen LogP contribution in [-0.2, 0) is 12.8 Å². The SMILES string of the molecule is CC(C)CNC(=O)c1nn(-c2ccc(F)c(F)c2)c2c1CCC2. The normalized spacial score (nSPS) is 13.4. The number of halogens is 2. The molecule has 0 atom stereocenters.